The number of nitro benzene ring substituents is 1. The monoisotopic (exact) mass is 404 g/mol. The van der Waals surface area contributed by atoms with Gasteiger partial charge in [-0.25, -0.2) is 9.97 Å². The molecular formula is C18H20N4O5S. The number of hydrogen-bond acceptors (Lipinski definition) is 8. The van der Waals surface area contributed by atoms with Crippen LogP contribution in [0.5, 0.6) is 0 Å². The molecule has 0 radical (unpaired) electrons. The quantitative estimate of drug-likeness (QED) is 0.234. The fraction of sp³-hybridized carbons (Fsp3) is 0.333. The number of rotatable bonds is 8. The molecule has 0 spiro atoms. The van der Waals surface area contributed by atoms with Crippen LogP contribution in [0.4, 0.5) is 11.4 Å². The van der Waals surface area contributed by atoms with Crippen LogP contribution >= 0.6 is 11.8 Å². The zero-order chi connectivity index (χ0) is 20.7. The maximum absolute atomic E-state index is 11.9. The fourth-order valence-electron chi connectivity index (χ4n) is 2.47. The van der Waals surface area contributed by atoms with E-state index < -0.39 is 23.4 Å². The van der Waals surface area contributed by atoms with E-state index in [1.54, 1.807) is 0 Å². The van der Waals surface area contributed by atoms with Crippen LogP contribution in [0.25, 0.3) is 0 Å². The summed E-state index contributed by atoms with van der Waals surface area (Å²) in [6.45, 7) is 3.30. The number of carbonyl (C=O) groups is 2. The predicted octanol–water partition coefficient (Wildman–Crippen LogP) is 2.84. The van der Waals surface area contributed by atoms with Crippen LogP contribution in [-0.2, 0) is 20.7 Å². The van der Waals surface area contributed by atoms with Gasteiger partial charge in [-0.1, -0.05) is 11.8 Å². The van der Waals surface area contributed by atoms with E-state index in [1.165, 1.54) is 36.0 Å². The maximum Gasteiger partial charge on any atom is 0.306 e. The van der Waals surface area contributed by atoms with Gasteiger partial charge in [-0.15, -0.1) is 0 Å². The molecule has 1 aromatic carbocycles. The number of carbonyl (C=O) groups excluding carboxylic acids is 2. The van der Waals surface area contributed by atoms with Crippen molar-refractivity contribution in [2.45, 2.75) is 31.8 Å². The molecule has 0 aliphatic rings. The lowest BCUT2D eigenvalue weighted by Gasteiger charge is -2.10. The van der Waals surface area contributed by atoms with E-state index in [-0.39, 0.29) is 12.1 Å². The Morgan fingerprint density at radius 3 is 2.32 bits per heavy atom. The van der Waals surface area contributed by atoms with Gasteiger partial charge in [0.15, 0.2) is 11.8 Å². The summed E-state index contributed by atoms with van der Waals surface area (Å²) in [7, 11) is 0. The number of thioether (sulfide) groups is 1. The first kappa shape index (κ1) is 21.3. The molecule has 2 rings (SSSR count). The number of nitrogens with one attached hydrogen (secondary N) is 1. The largest absolute Gasteiger partial charge is 0.456 e. The lowest BCUT2D eigenvalue weighted by atomic mass is 10.1. The molecule has 0 unspecified atom stereocenters. The van der Waals surface area contributed by atoms with Gasteiger partial charge in [-0.05, 0) is 44.2 Å². The summed E-state index contributed by atoms with van der Waals surface area (Å²) in [5, 5.41) is 13.8. The first-order valence-electron chi connectivity index (χ1n) is 8.38. The molecule has 0 bridgehead atoms. The summed E-state index contributed by atoms with van der Waals surface area (Å²) in [4.78, 5) is 42.6. The Hall–Kier alpha value is -3.01. The number of aryl methyl sites for hydroxylation is 2. The number of aromatic nitrogens is 2. The lowest BCUT2D eigenvalue weighted by molar-refractivity contribution is -0.384. The molecule has 0 aliphatic heterocycles. The van der Waals surface area contributed by atoms with Crippen molar-refractivity contribution in [3.05, 3.63) is 51.3 Å². The molecule has 0 saturated heterocycles. The van der Waals surface area contributed by atoms with Crippen LogP contribution in [-0.4, -0.2) is 39.6 Å². The molecule has 1 heterocycles. The molecule has 0 aliphatic carbocycles. The average Bonchev–Trinajstić information content (AvgIpc) is 2.66. The number of amides is 1. The lowest BCUT2D eigenvalue weighted by Crippen LogP contribution is -2.21. The highest BCUT2D eigenvalue weighted by Gasteiger charge is 2.13. The zero-order valence-corrected chi connectivity index (χ0v) is 16.5. The smallest absolute Gasteiger partial charge is 0.306 e. The van der Waals surface area contributed by atoms with E-state index in [9.17, 15) is 19.7 Å². The summed E-state index contributed by atoms with van der Waals surface area (Å²) in [5.74, 6) is -1.03. The highest BCUT2D eigenvalue weighted by Crippen LogP contribution is 2.17. The van der Waals surface area contributed by atoms with E-state index in [1.807, 2.05) is 20.1 Å². The number of ether oxygens (including phenoxy) is 1. The van der Waals surface area contributed by atoms with Crippen LogP contribution in [0.1, 0.15) is 23.4 Å². The van der Waals surface area contributed by atoms with Crippen molar-refractivity contribution in [3.63, 3.8) is 0 Å². The minimum absolute atomic E-state index is 0.0791. The second-order valence-electron chi connectivity index (χ2n) is 5.87. The Bertz CT molecular complexity index is 863. The number of nitro groups is 1. The van der Waals surface area contributed by atoms with Crippen LogP contribution in [0.3, 0.4) is 0 Å². The normalized spacial score (nSPS) is 10.4. The molecule has 2 aromatic rings. The van der Waals surface area contributed by atoms with Crippen LogP contribution in [0.2, 0.25) is 0 Å². The molecule has 0 fully saturated rings. The minimum atomic E-state index is -0.531. The van der Waals surface area contributed by atoms with Gasteiger partial charge in [0, 0.05) is 35.6 Å². The molecule has 1 amide bonds. The molecule has 28 heavy (non-hydrogen) atoms. The van der Waals surface area contributed by atoms with Gasteiger partial charge in [0.1, 0.15) is 0 Å². The van der Waals surface area contributed by atoms with Gasteiger partial charge in [-0.3, -0.25) is 19.7 Å². The molecule has 0 saturated carbocycles. The number of anilines is 1. The van der Waals surface area contributed by atoms with Crippen LogP contribution in [0, 0.1) is 24.0 Å². The highest BCUT2D eigenvalue weighted by molar-refractivity contribution is 7.98. The summed E-state index contributed by atoms with van der Waals surface area (Å²) in [5.41, 5.74) is 2.83. The van der Waals surface area contributed by atoms with Gasteiger partial charge in [-0.2, -0.15) is 0 Å². The molecule has 148 valence electrons. The molecular weight excluding hydrogens is 384 g/mol. The minimum Gasteiger partial charge on any atom is -0.456 e. The highest BCUT2D eigenvalue weighted by atomic mass is 32.2. The van der Waals surface area contributed by atoms with Gasteiger partial charge >= 0.3 is 5.97 Å². The number of nitrogens with zero attached hydrogens (tertiary/aromatic N) is 3. The van der Waals surface area contributed by atoms with E-state index in [4.69, 9.17) is 4.74 Å². The molecule has 1 aromatic heterocycles. The van der Waals surface area contributed by atoms with Crippen LogP contribution < -0.4 is 5.32 Å². The van der Waals surface area contributed by atoms with E-state index >= 15 is 0 Å². The Morgan fingerprint density at radius 2 is 1.79 bits per heavy atom. The van der Waals surface area contributed by atoms with Crippen molar-refractivity contribution >= 4 is 35.0 Å². The topological polar surface area (TPSA) is 124 Å². The number of esters is 1. The Balaban J connectivity index is 1.80. The average molecular weight is 404 g/mol. The standard InChI is InChI=1S/C18H20N4O5S/c1-11-15(12(2)20-18(19-11)28-3)8-9-17(24)27-10-16(23)21-13-4-6-14(7-5-13)22(25)26/h4-7H,8-10H2,1-3H3,(H,21,23). The SMILES string of the molecule is CSc1nc(C)c(CCC(=O)OCC(=O)Nc2ccc([N+](=O)[O-])cc2)c(C)n1. The van der Waals surface area contributed by atoms with Gasteiger partial charge < -0.3 is 10.1 Å². The first-order valence-corrected chi connectivity index (χ1v) is 9.60. The second-order valence-corrected chi connectivity index (χ2v) is 6.65. The van der Waals surface area contributed by atoms with Crippen LogP contribution in [0.15, 0.2) is 29.4 Å². The Morgan fingerprint density at radius 1 is 1.18 bits per heavy atom. The molecule has 9 nitrogen and oxygen atoms in total. The third-order valence-electron chi connectivity index (χ3n) is 3.89. The summed E-state index contributed by atoms with van der Waals surface area (Å²) in [6, 6.07) is 5.36. The van der Waals surface area contributed by atoms with Crippen molar-refractivity contribution in [3.8, 4) is 0 Å². The third kappa shape index (κ3) is 6.02. The fourth-order valence-corrected chi connectivity index (χ4v) is 2.93. The number of non-ortho nitro benzene ring substituents is 1. The predicted molar refractivity (Wildman–Crippen MR) is 104 cm³/mol. The number of benzene rings is 1. The first-order chi connectivity index (χ1) is 13.3. The van der Waals surface area contributed by atoms with Gasteiger partial charge in [0.2, 0.25) is 0 Å². The summed E-state index contributed by atoms with van der Waals surface area (Å²) >= 11 is 1.45. The molecule has 1 N–H and O–H groups in total. The Labute approximate surface area is 166 Å². The van der Waals surface area contributed by atoms with E-state index in [0.717, 1.165) is 17.0 Å². The van der Waals surface area contributed by atoms with Crippen molar-refractivity contribution in [2.75, 3.05) is 18.2 Å². The van der Waals surface area contributed by atoms with Crippen molar-refractivity contribution < 1.29 is 19.2 Å². The van der Waals surface area contributed by atoms with Gasteiger partial charge in [0.05, 0.1) is 4.92 Å². The maximum atomic E-state index is 11.9. The molecule has 10 heteroatoms. The summed E-state index contributed by atoms with van der Waals surface area (Å²) < 4.78 is 4.98. The zero-order valence-electron chi connectivity index (χ0n) is 15.7. The van der Waals surface area contributed by atoms with Crippen molar-refractivity contribution in [1.29, 1.82) is 0 Å². The third-order valence-corrected chi connectivity index (χ3v) is 4.44. The number of hydrogen-bond donors (Lipinski definition) is 1. The van der Waals surface area contributed by atoms with Gasteiger partial charge in [0.25, 0.3) is 11.6 Å². The van der Waals surface area contributed by atoms with E-state index in [2.05, 4.69) is 15.3 Å². The summed E-state index contributed by atoms with van der Waals surface area (Å²) in [6.07, 6.45) is 2.43. The second kappa shape index (κ2) is 9.79. The Kier molecular flexibility index (Phi) is 7.44. The molecule has 0 atom stereocenters. The van der Waals surface area contributed by atoms with Crippen molar-refractivity contribution in [1.82, 2.24) is 9.97 Å². The van der Waals surface area contributed by atoms with Crippen molar-refractivity contribution in [2.24, 2.45) is 0 Å². The van der Waals surface area contributed by atoms with E-state index in [0.29, 0.717) is 17.3 Å².